The van der Waals surface area contributed by atoms with Crippen molar-refractivity contribution in [3.63, 3.8) is 0 Å². The molecule has 3 heterocycles. The first-order valence-electron chi connectivity index (χ1n) is 15.4. The van der Waals surface area contributed by atoms with Crippen LogP contribution in [0.15, 0.2) is 158 Å². The topological polar surface area (TPSA) is 9.86 Å². The summed E-state index contributed by atoms with van der Waals surface area (Å²) in [7, 11) is 0. The van der Waals surface area contributed by atoms with Crippen LogP contribution >= 0.6 is 11.3 Å². The molecule has 0 aliphatic carbocycles. The second-order valence-electron chi connectivity index (χ2n) is 11.7. The Labute approximate surface area is 263 Å². The summed E-state index contributed by atoms with van der Waals surface area (Å²) in [5.41, 5.74) is 9.64. The highest BCUT2D eigenvalue weighted by Crippen LogP contribution is 2.45. The van der Waals surface area contributed by atoms with Gasteiger partial charge in [-0.2, -0.15) is 0 Å². The third kappa shape index (κ3) is 3.44. The Morgan fingerprint density at radius 2 is 0.778 bits per heavy atom. The van der Waals surface area contributed by atoms with Crippen LogP contribution in [0.1, 0.15) is 0 Å². The van der Waals surface area contributed by atoms with E-state index in [-0.39, 0.29) is 0 Å². The predicted octanol–water partition coefficient (Wildman–Crippen LogP) is 11.9. The Morgan fingerprint density at radius 1 is 0.311 bits per heavy atom. The Bertz CT molecular complexity index is 2720. The molecule has 0 saturated carbocycles. The van der Waals surface area contributed by atoms with Crippen LogP contribution in [0.3, 0.4) is 0 Å². The van der Waals surface area contributed by atoms with Crippen molar-refractivity contribution >= 4 is 75.1 Å². The molecule has 3 heteroatoms. The van der Waals surface area contributed by atoms with E-state index >= 15 is 0 Å². The molecule has 0 atom stereocenters. The third-order valence-electron chi connectivity index (χ3n) is 9.34. The largest absolute Gasteiger partial charge is 0.309 e. The first kappa shape index (κ1) is 24.8. The molecule has 0 amide bonds. The Balaban J connectivity index is 1.31. The molecule has 0 saturated heterocycles. The van der Waals surface area contributed by atoms with Crippen molar-refractivity contribution in [3.05, 3.63) is 158 Å². The highest BCUT2D eigenvalue weighted by molar-refractivity contribution is 7.26. The summed E-state index contributed by atoms with van der Waals surface area (Å²) in [5.74, 6) is 0. The Kier molecular flexibility index (Phi) is 5.19. The van der Waals surface area contributed by atoms with Gasteiger partial charge in [-0.1, -0.05) is 109 Å². The van der Waals surface area contributed by atoms with Crippen LogP contribution in [0.4, 0.5) is 0 Å². The number of aromatic nitrogens is 2. The van der Waals surface area contributed by atoms with Crippen molar-refractivity contribution in [2.75, 3.05) is 0 Å². The number of fused-ring (bicyclic) bond motifs is 10. The van der Waals surface area contributed by atoms with Crippen LogP contribution in [-0.2, 0) is 0 Å². The maximum absolute atomic E-state index is 2.48. The van der Waals surface area contributed by atoms with E-state index < -0.39 is 0 Å². The van der Waals surface area contributed by atoms with Gasteiger partial charge in [-0.25, -0.2) is 0 Å². The molecule has 0 aliphatic rings. The molecule has 0 radical (unpaired) electrons. The standard InChI is InChI=1S/C42H26N2S/c1-7-19-33-27(13-1)28-14-2-8-20-34(28)43(33)35-21-9-3-15-29(35)30-16-4-10-22-36(30)44-37-23-11-5-17-31(37)41-38(44)25-26-40-42(41)32-18-6-12-24-39(32)45-40/h1-26H. The quantitative estimate of drug-likeness (QED) is 0.194. The normalized spacial score (nSPS) is 12.0. The molecular weight excluding hydrogens is 565 g/mol. The monoisotopic (exact) mass is 590 g/mol. The van der Waals surface area contributed by atoms with Crippen LogP contribution in [0.5, 0.6) is 0 Å². The van der Waals surface area contributed by atoms with Gasteiger partial charge in [0, 0.05) is 52.8 Å². The second kappa shape index (κ2) is 9.43. The minimum atomic E-state index is 1.18. The van der Waals surface area contributed by atoms with Crippen LogP contribution < -0.4 is 0 Å². The zero-order chi connectivity index (χ0) is 29.5. The molecule has 7 aromatic carbocycles. The number of hydrogen-bond donors (Lipinski definition) is 0. The van der Waals surface area contributed by atoms with Crippen LogP contribution in [-0.4, -0.2) is 9.13 Å². The van der Waals surface area contributed by atoms with Crippen molar-refractivity contribution in [3.8, 4) is 22.5 Å². The Hall–Kier alpha value is -5.64. The van der Waals surface area contributed by atoms with Gasteiger partial charge in [0.1, 0.15) is 0 Å². The number of hydrogen-bond acceptors (Lipinski definition) is 1. The van der Waals surface area contributed by atoms with Gasteiger partial charge in [-0.15, -0.1) is 11.3 Å². The summed E-state index contributed by atoms with van der Waals surface area (Å²) in [6.07, 6.45) is 0. The van der Waals surface area contributed by atoms with E-state index in [0.29, 0.717) is 0 Å². The minimum Gasteiger partial charge on any atom is -0.309 e. The van der Waals surface area contributed by atoms with Crippen molar-refractivity contribution < 1.29 is 0 Å². The lowest BCUT2D eigenvalue weighted by Crippen LogP contribution is -2.01. The average molecular weight is 591 g/mol. The average Bonchev–Trinajstić information content (AvgIpc) is 3.76. The molecule has 3 aromatic heterocycles. The maximum atomic E-state index is 2.48. The minimum absolute atomic E-state index is 1.18. The lowest BCUT2D eigenvalue weighted by Gasteiger charge is -2.18. The molecule has 0 unspecified atom stereocenters. The van der Waals surface area contributed by atoms with E-state index in [1.54, 1.807) is 0 Å². The second-order valence-corrected chi connectivity index (χ2v) is 12.8. The molecule has 0 bridgehead atoms. The molecule has 10 rings (SSSR count). The fourth-order valence-corrected chi connectivity index (χ4v) is 8.62. The first-order valence-corrected chi connectivity index (χ1v) is 16.2. The van der Waals surface area contributed by atoms with Crippen molar-refractivity contribution in [2.24, 2.45) is 0 Å². The fourth-order valence-electron chi connectivity index (χ4n) is 7.51. The molecular formula is C42H26N2S. The van der Waals surface area contributed by atoms with Crippen molar-refractivity contribution in [1.82, 2.24) is 9.13 Å². The number of benzene rings is 7. The molecule has 10 aromatic rings. The molecule has 0 aliphatic heterocycles. The molecule has 2 nitrogen and oxygen atoms in total. The lowest BCUT2D eigenvalue weighted by molar-refractivity contribution is 1.16. The van der Waals surface area contributed by atoms with Gasteiger partial charge in [-0.3, -0.25) is 0 Å². The molecule has 0 spiro atoms. The van der Waals surface area contributed by atoms with Crippen LogP contribution in [0, 0.1) is 0 Å². The summed E-state index contributed by atoms with van der Waals surface area (Å²) >= 11 is 1.88. The summed E-state index contributed by atoms with van der Waals surface area (Å²) in [4.78, 5) is 0. The maximum Gasteiger partial charge on any atom is 0.0548 e. The van der Waals surface area contributed by atoms with E-state index in [0.717, 1.165) is 0 Å². The summed E-state index contributed by atoms with van der Waals surface area (Å²) in [6.45, 7) is 0. The number of rotatable bonds is 3. The highest BCUT2D eigenvalue weighted by atomic mass is 32.1. The van der Waals surface area contributed by atoms with Gasteiger partial charge in [0.15, 0.2) is 0 Å². The smallest absolute Gasteiger partial charge is 0.0548 e. The van der Waals surface area contributed by atoms with Crippen LogP contribution in [0.2, 0.25) is 0 Å². The number of nitrogens with zero attached hydrogens (tertiary/aromatic N) is 2. The summed E-state index contributed by atoms with van der Waals surface area (Å²) < 4.78 is 7.58. The van der Waals surface area contributed by atoms with Gasteiger partial charge in [-0.05, 0) is 48.5 Å². The first-order chi connectivity index (χ1) is 22.4. The molecule has 45 heavy (non-hydrogen) atoms. The van der Waals surface area contributed by atoms with Crippen LogP contribution in [0.25, 0.3) is 86.3 Å². The van der Waals surface area contributed by atoms with Gasteiger partial charge in [0.2, 0.25) is 0 Å². The molecule has 210 valence electrons. The third-order valence-corrected chi connectivity index (χ3v) is 10.5. The van der Waals surface area contributed by atoms with E-state index in [9.17, 15) is 0 Å². The van der Waals surface area contributed by atoms with E-state index in [2.05, 4.69) is 167 Å². The van der Waals surface area contributed by atoms with Gasteiger partial charge in [0.25, 0.3) is 0 Å². The summed E-state index contributed by atoms with van der Waals surface area (Å²) in [5, 5.41) is 7.83. The van der Waals surface area contributed by atoms with Gasteiger partial charge < -0.3 is 9.13 Å². The van der Waals surface area contributed by atoms with Gasteiger partial charge >= 0.3 is 0 Å². The fraction of sp³-hybridized carbons (Fsp3) is 0. The summed E-state index contributed by atoms with van der Waals surface area (Å²) in [6, 6.07) is 57.6. The van der Waals surface area contributed by atoms with Crippen molar-refractivity contribution in [1.29, 1.82) is 0 Å². The number of thiophene rings is 1. The zero-order valence-electron chi connectivity index (χ0n) is 24.3. The molecule has 0 fully saturated rings. The Morgan fingerprint density at radius 3 is 1.42 bits per heavy atom. The highest BCUT2D eigenvalue weighted by Gasteiger charge is 2.21. The predicted molar refractivity (Wildman–Crippen MR) is 193 cm³/mol. The van der Waals surface area contributed by atoms with Gasteiger partial charge in [0.05, 0.1) is 33.4 Å². The van der Waals surface area contributed by atoms with E-state index in [4.69, 9.17) is 0 Å². The van der Waals surface area contributed by atoms with E-state index in [1.807, 2.05) is 11.3 Å². The SMILES string of the molecule is c1ccc(-n2c3ccccc3c3ccccc32)c(-c2ccccc2-n2c3ccccc3c3c4c(ccc32)sc2ccccc24)c1. The van der Waals surface area contributed by atoms with E-state index in [1.165, 1.54) is 86.3 Å². The number of para-hydroxylation sites is 5. The zero-order valence-corrected chi connectivity index (χ0v) is 25.1. The molecule has 0 N–H and O–H groups in total. The lowest BCUT2D eigenvalue weighted by atomic mass is 10.0. The van der Waals surface area contributed by atoms with Crippen molar-refractivity contribution in [2.45, 2.75) is 0 Å².